The van der Waals surface area contributed by atoms with Crippen molar-refractivity contribution in [1.82, 2.24) is 9.88 Å². The van der Waals surface area contributed by atoms with Crippen molar-refractivity contribution in [3.63, 3.8) is 0 Å². The highest BCUT2D eigenvalue weighted by Crippen LogP contribution is 2.30. The van der Waals surface area contributed by atoms with Crippen LogP contribution in [0.25, 0.3) is 10.2 Å². The number of para-hydroxylation sites is 1. The first-order chi connectivity index (χ1) is 15.8. The fourth-order valence-electron chi connectivity index (χ4n) is 4.13. The summed E-state index contributed by atoms with van der Waals surface area (Å²) in [4.78, 5) is 14.4. The zero-order chi connectivity index (χ0) is 23.6. The van der Waals surface area contributed by atoms with Gasteiger partial charge in [0, 0.05) is 18.0 Å². The summed E-state index contributed by atoms with van der Waals surface area (Å²) in [7, 11) is 1.67. The van der Waals surface area contributed by atoms with Crippen LogP contribution in [0.1, 0.15) is 52.8 Å². The van der Waals surface area contributed by atoms with Crippen molar-refractivity contribution < 1.29 is 9.53 Å². The zero-order valence-corrected chi connectivity index (χ0v) is 20.9. The van der Waals surface area contributed by atoms with E-state index in [1.165, 1.54) is 16.0 Å². The van der Waals surface area contributed by atoms with Crippen molar-refractivity contribution in [2.75, 3.05) is 13.7 Å². The highest BCUT2D eigenvalue weighted by molar-refractivity contribution is 7.19. The molecule has 33 heavy (non-hydrogen) atoms. The van der Waals surface area contributed by atoms with Crippen LogP contribution < -0.4 is 10.1 Å². The zero-order valence-electron chi connectivity index (χ0n) is 20.1. The maximum atomic E-state index is 13.2. The van der Waals surface area contributed by atoms with E-state index in [-0.39, 0.29) is 11.3 Å². The first-order valence-corrected chi connectivity index (χ1v) is 12.2. The Morgan fingerprint density at radius 1 is 1.06 bits per heavy atom. The number of aromatic nitrogens is 1. The summed E-state index contributed by atoms with van der Waals surface area (Å²) in [6.07, 6.45) is 0.720. The Labute approximate surface area is 200 Å². The summed E-state index contributed by atoms with van der Waals surface area (Å²) in [5.41, 5.74) is 5.53. The number of fused-ring (bicyclic) bond motifs is 1. The number of carbonyl (C=O) groups is 1. The van der Waals surface area contributed by atoms with Gasteiger partial charge in [-0.15, -0.1) is 11.3 Å². The van der Waals surface area contributed by atoms with E-state index in [0.717, 1.165) is 28.0 Å². The summed E-state index contributed by atoms with van der Waals surface area (Å²) >= 11 is 1.73. The summed E-state index contributed by atoms with van der Waals surface area (Å²) in [5.74, 6) is 0.807. The molecule has 0 saturated heterocycles. The van der Waals surface area contributed by atoms with Gasteiger partial charge in [0.1, 0.15) is 11.4 Å². The second-order valence-electron chi connectivity index (χ2n) is 9.49. The molecule has 4 rings (SSSR count). The lowest BCUT2D eigenvalue weighted by atomic mass is 9.87. The lowest BCUT2D eigenvalue weighted by Crippen LogP contribution is -2.28. The fourth-order valence-corrected chi connectivity index (χ4v) is 5.09. The van der Waals surface area contributed by atoms with Crippen LogP contribution in [0.4, 0.5) is 0 Å². The van der Waals surface area contributed by atoms with E-state index in [2.05, 4.69) is 67.9 Å². The SMILES string of the molecule is COc1ccccc1CCNC(=O)c1cc2sc(C)cc2n1Cc1ccc(C(C)(C)C)cc1. The number of carbonyl (C=O) groups excluding carboxylic acids is 1. The molecule has 2 aromatic carbocycles. The number of hydrogen-bond donors (Lipinski definition) is 1. The summed E-state index contributed by atoms with van der Waals surface area (Å²) in [6, 6.07) is 20.9. The minimum absolute atomic E-state index is 0.0442. The number of hydrogen-bond acceptors (Lipinski definition) is 3. The number of thiophene rings is 1. The average Bonchev–Trinajstić information content (AvgIpc) is 3.30. The highest BCUT2D eigenvalue weighted by atomic mass is 32.1. The molecule has 2 aromatic heterocycles. The molecule has 0 saturated carbocycles. The van der Waals surface area contributed by atoms with Crippen molar-refractivity contribution in [1.29, 1.82) is 0 Å². The minimum atomic E-state index is -0.0442. The molecule has 0 radical (unpaired) electrons. The van der Waals surface area contributed by atoms with E-state index < -0.39 is 0 Å². The largest absolute Gasteiger partial charge is 0.496 e. The Morgan fingerprint density at radius 3 is 2.48 bits per heavy atom. The quantitative estimate of drug-likeness (QED) is 0.350. The van der Waals surface area contributed by atoms with Gasteiger partial charge in [0.2, 0.25) is 0 Å². The van der Waals surface area contributed by atoms with E-state index >= 15 is 0 Å². The molecule has 4 aromatic rings. The van der Waals surface area contributed by atoms with Crippen LogP contribution in [-0.4, -0.2) is 24.1 Å². The van der Waals surface area contributed by atoms with E-state index in [1.807, 2.05) is 30.3 Å². The topological polar surface area (TPSA) is 43.3 Å². The number of aryl methyl sites for hydroxylation is 1. The van der Waals surface area contributed by atoms with Gasteiger partial charge in [0.15, 0.2) is 0 Å². The second kappa shape index (κ2) is 9.44. The molecule has 0 aliphatic heterocycles. The van der Waals surface area contributed by atoms with Crippen LogP contribution in [-0.2, 0) is 18.4 Å². The molecule has 5 heteroatoms. The van der Waals surface area contributed by atoms with Crippen LogP contribution in [0.2, 0.25) is 0 Å². The molecule has 4 nitrogen and oxygen atoms in total. The molecule has 0 aliphatic carbocycles. The Bertz CT molecular complexity index is 1260. The lowest BCUT2D eigenvalue weighted by Gasteiger charge is -2.19. The van der Waals surface area contributed by atoms with E-state index in [1.54, 1.807) is 18.4 Å². The number of benzene rings is 2. The normalized spacial score (nSPS) is 11.7. The molecule has 2 heterocycles. The van der Waals surface area contributed by atoms with Gasteiger partial charge in [-0.05, 0) is 53.6 Å². The molecule has 0 bridgehead atoms. The van der Waals surface area contributed by atoms with Gasteiger partial charge in [-0.1, -0.05) is 63.2 Å². The van der Waals surface area contributed by atoms with Crippen molar-refractivity contribution in [2.45, 2.75) is 46.1 Å². The van der Waals surface area contributed by atoms with Gasteiger partial charge in [0.25, 0.3) is 5.91 Å². The molecular formula is C28H32N2O2S. The number of amides is 1. The van der Waals surface area contributed by atoms with Crippen molar-refractivity contribution in [3.05, 3.63) is 87.9 Å². The molecule has 0 fully saturated rings. The monoisotopic (exact) mass is 460 g/mol. The first kappa shape index (κ1) is 23.1. The number of nitrogens with one attached hydrogen (secondary N) is 1. The maximum Gasteiger partial charge on any atom is 0.267 e. The van der Waals surface area contributed by atoms with E-state index in [9.17, 15) is 4.79 Å². The third-order valence-corrected chi connectivity index (χ3v) is 6.97. The minimum Gasteiger partial charge on any atom is -0.496 e. The van der Waals surface area contributed by atoms with E-state index in [4.69, 9.17) is 4.74 Å². The van der Waals surface area contributed by atoms with Crippen LogP contribution in [0.5, 0.6) is 5.75 Å². The number of nitrogens with zero attached hydrogens (tertiary/aromatic N) is 1. The van der Waals surface area contributed by atoms with E-state index in [0.29, 0.717) is 18.8 Å². The maximum absolute atomic E-state index is 13.2. The van der Waals surface area contributed by atoms with Crippen LogP contribution >= 0.6 is 11.3 Å². The molecule has 1 N–H and O–H groups in total. The fraction of sp³-hybridized carbons (Fsp3) is 0.321. The predicted molar refractivity (Wildman–Crippen MR) is 138 cm³/mol. The van der Waals surface area contributed by atoms with Gasteiger partial charge in [0.05, 0.1) is 17.3 Å². The van der Waals surface area contributed by atoms with Crippen molar-refractivity contribution in [2.24, 2.45) is 0 Å². The Hall–Kier alpha value is -3.05. The molecule has 0 spiro atoms. The molecule has 1 amide bonds. The van der Waals surface area contributed by atoms with Crippen LogP contribution in [0.15, 0.2) is 60.7 Å². The van der Waals surface area contributed by atoms with Gasteiger partial charge < -0.3 is 14.6 Å². The van der Waals surface area contributed by atoms with Gasteiger partial charge in [-0.2, -0.15) is 0 Å². The summed E-state index contributed by atoms with van der Waals surface area (Å²) < 4.78 is 8.72. The van der Waals surface area contributed by atoms with Crippen LogP contribution in [0.3, 0.4) is 0 Å². The first-order valence-electron chi connectivity index (χ1n) is 11.4. The molecule has 0 unspecified atom stereocenters. The third-order valence-electron chi connectivity index (χ3n) is 5.98. The van der Waals surface area contributed by atoms with Crippen molar-refractivity contribution >= 4 is 27.5 Å². The van der Waals surface area contributed by atoms with Gasteiger partial charge >= 0.3 is 0 Å². The number of ether oxygens (including phenoxy) is 1. The van der Waals surface area contributed by atoms with Gasteiger partial charge in [-0.25, -0.2) is 0 Å². The summed E-state index contributed by atoms with van der Waals surface area (Å²) in [6.45, 7) is 9.99. The Morgan fingerprint density at radius 2 is 1.79 bits per heavy atom. The van der Waals surface area contributed by atoms with Crippen molar-refractivity contribution in [3.8, 4) is 5.75 Å². The lowest BCUT2D eigenvalue weighted by molar-refractivity contribution is 0.0945. The third kappa shape index (κ3) is 5.14. The highest BCUT2D eigenvalue weighted by Gasteiger charge is 2.18. The van der Waals surface area contributed by atoms with Crippen LogP contribution in [0, 0.1) is 6.92 Å². The smallest absolute Gasteiger partial charge is 0.267 e. The predicted octanol–water partition coefficient (Wildman–Crippen LogP) is 6.34. The molecule has 0 atom stereocenters. The second-order valence-corrected chi connectivity index (χ2v) is 10.8. The van der Waals surface area contributed by atoms with Gasteiger partial charge in [-0.3, -0.25) is 4.79 Å². The number of methoxy groups -OCH3 is 1. The standard InChI is InChI=1S/C28H32N2O2S/c1-19-16-23-26(33-19)17-24(27(31)29-15-14-21-8-6-7-9-25(21)32-5)30(23)18-20-10-12-22(13-11-20)28(2,3)4/h6-13,16-17H,14-15,18H2,1-5H3,(H,29,31). The summed E-state index contributed by atoms with van der Waals surface area (Å²) in [5, 5.41) is 3.11. The Balaban J connectivity index is 1.54. The molecule has 0 aliphatic rings. The average molecular weight is 461 g/mol. The Kier molecular flexibility index (Phi) is 6.61. The molecule has 172 valence electrons. The molecular weight excluding hydrogens is 428 g/mol. The number of rotatable bonds is 7.